The van der Waals surface area contributed by atoms with Gasteiger partial charge in [-0.15, -0.1) is 0 Å². The van der Waals surface area contributed by atoms with Crippen LogP contribution in [0.3, 0.4) is 0 Å². The number of piperidine rings is 1. The van der Waals surface area contributed by atoms with Crippen LogP contribution in [0.1, 0.15) is 12.8 Å². The van der Waals surface area contributed by atoms with E-state index in [2.05, 4.69) is 15.3 Å². The van der Waals surface area contributed by atoms with Gasteiger partial charge in [0, 0.05) is 29.3 Å². The molecule has 0 spiro atoms. The summed E-state index contributed by atoms with van der Waals surface area (Å²) >= 11 is 0. The lowest BCUT2D eigenvalue weighted by atomic mass is 9.98. The van der Waals surface area contributed by atoms with Crippen LogP contribution in [-0.2, 0) is 0 Å². The molecule has 1 N–H and O–H groups in total. The fourth-order valence-corrected chi connectivity index (χ4v) is 4.11. The molecule has 1 fully saturated rings. The van der Waals surface area contributed by atoms with Gasteiger partial charge in [0.15, 0.2) is 0 Å². The Labute approximate surface area is 187 Å². The third-order valence-corrected chi connectivity index (χ3v) is 5.70. The first-order valence-corrected chi connectivity index (χ1v) is 10.6. The van der Waals surface area contributed by atoms with Crippen LogP contribution in [0, 0.1) is 23.3 Å². The fourth-order valence-electron chi connectivity index (χ4n) is 4.11. The summed E-state index contributed by atoms with van der Waals surface area (Å²) < 4.78 is 63.6. The topological polar surface area (TPSA) is 47.0 Å². The molecule has 0 amide bonds. The van der Waals surface area contributed by atoms with E-state index in [9.17, 15) is 17.6 Å². The second kappa shape index (κ2) is 8.78. The molecule has 4 nitrogen and oxygen atoms in total. The van der Waals surface area contributed by atoms with E-state index in [1.165, 1.54) is 18.3 Å². The van der Waals surface area contributed by atoms with Gasteiger partial charge in [-0.1, -0.05) is 6.07 Å². The summed E-state index contributed by atoms with van der Waals surface area (Å²) in [5.41, 5.74) is 0.279. The minimum atomic E-state index is -0.795. The summed E-state index contributed by atoms with van der Waals surface area (Å²) in [7, 11) is 0. The average Bonchev–Trinajstić information content (AvgIpc) is 2.80. The van der Waals surface area contributed by atoms with Crippen LogP contribution in [0.15, 0.2) is 54.7 Å². The molecule has 0 bridgehead atoms. The molecule has 4 aromatic rings. The summed E-state index contributed by atoms with van der Waals surface area (Å²) in [5, 5.41) is 3.65. The number of hydrogen-bond acceptors (Lipinski definition) is 4. The zero-order chi connectivity index (χ0) is 22.9. The van der Waals surface area contributed by atoms with Gasteiger partial charge < -0.3 is 10.1 Å². The van der Waals surface area contributed by atoms with Crippen LogP contribution in [0.25, 0.3) is 33.3 Å². The summed E-state index contributed by atoms with van der Waals surface area (Å²) in [6.07, 6.45) is 2.76. The van der Waals surface area contributed by atoms with Gasteiger partial charge in [-0.25, -0.2) is 22.5 Å². The summed E-state index contributed by atoms with van der Waals surface area (Å²) in [5.74, 6) is -2.89. The lowest BCUT2D eigenvalue weighted by Gasteiger charge is -2.24. The molecule has 1 aliphatic rings. The SMILES string of the molecule is Fc1ccc(-c2cc(OC3CCNCC3)nc3c(-c4c(F)cccc4F)nccc23)c(F)c1. The van der Waals surface area contributed by atoms with Crippen molar-refractivity contribution in [3.8, 4) is 28.3 Å². The molecule has 0 unspecified atom stereocenters. The highest BCUT2D eigenvalue weighted by Crippen LogP contribution is 2.37. The van der Waals surface area contributed by atoms with E-state index >= 15 is 0 Å². The van der Waals surface area contributed by atoms with Crippen molar-refractivity contribution in [2.75, 3.05) is 13.1 Å². The number of nitrogens with one attached hydrogen (secondary N) is 1. The van der Waals surface area contributed by atoms with Crippen LogP contribution in [-0.4, -0.2) is 29.2 Å². The third-order valence-electron chi connectivity index (χ3n) is 5.70. The van der Waals surface area contributed by atoms with Crippen LogP contribution in [0.4, 0.5) is 17.6 Å². The Bertz CT molecular complexity index is 1320. The molecule has 168 valence electrons. The standard InChI is InChI=1S/C25H19F4N3O/c26-14-4-5-16(21(29)12-14)18-13-22(33-15-6-9-30-10-7-15)32-24-17(18)8-11-31-25(24)23-19(27)2-1-3-20(23)28/h1-5,8,11-13,15,30H,6-7,9-10H2. The largest absolute Gasteiger partial charge is 0.474 e. The molecule has 33 heavy (non-hydrogen) atoms. The van der Waals surface area contributed by atoms with Crippen molar-refractivity contribution in [2.45, 2.75) is 18.9 Å². The van der Waals surface area contributed by atoms with Gasteiger partial charge in [-0.3, -0.25) is 4.98 Å². The molecule has 2 aromatic carbocycles. The number of aromatic nitrogens is 2. The lowest BCUT2D eigenvalue weighted by Crippen LogP contribution is -2.34. The number of hydrogen-bond donors (Lipinski definition) is 1. The minimum absolute atomic E-state index is 0.0253. The van der Waals surface area contributed by atoms with E-state index in [1.54, 1.807) is 12.1 Å². The van der Waals surface area contributed by atoms with Crippen molar-refractivity contribution >= 4 is 10.9 Å². The quantitative estimate of drug-likeness (QED) is 0.406. The molecule has 3 heterocycles. The highest BCUT2D eigenvalue weighted by atomic mass is 19.1. The molecule has 2 aromatic heterocycles. The molecule has 0 aliphatic carbocycles. The maximum Gasteiger partial charge on any atom is 0.214 e. The maximum absolute atomic E-state index is 14.8. The van der Waals surface area contributed by atoms with E-state index < -0.39 is 23.3 Å². The first-order valence-electron chi connectivity index (χ1n) is 10.6. The smallest absolute Gasteiger partial charge is 0.214 e. The van der Waals surface area contributed by atoms with Gasteiger partial charge in [-0.05, 0) is 61.8 Å². The molecule has 8 heteroatoms. The van der Waals surface area contributed by atoms with Crippen LogP contribution in [0.2, 0.25) is 0 Å². The van der Waals surface area contributed by atoms with Gasteiger partial charge in [-0.2, -0.15) is 0 Å². The van der Waals surface area contributed by atoms with Gasteiger partial charge in [0.1, 0.15) is 40.6 Å². The molecular formula is C25H19F4N3O. The van der Waals surface area contributed by atoms with Crippen molar-refractivity contribution in [1.29, 1.82) is 0 Å². The summed E-state index contributed by atoms with van der Waals surface area (Å²) in [6.45, 7) is 1.57. The number of pyridine rings is 2. The Kier molecular flexibility index (Phi) is 5.68. The number of nitrogens with zero attached hydrogens (tertiary/aromatic N) is 2. The molecule has 0 radical (unpaired) electrons. The van der Waals surface area contributed by atoms with E-state index in [4.69, 9.17) is 4.74 Å². The van der Waals surface area contributed by atoms with Gasteiger partial charge in [0.2, 0.25) is 5.88 Å². The molecule has 1 aliphatic heterocycles. The fraction of sp³-hybridized carbons (Fsp3) is 0.200. The molecule has 5 rings (SSSR count). The van der Waals surface area contributed by atoms with E-state index in [0.29, 0.717) is 10.9 Å². The van der Waals surface area contributed by atoms with Crippen LogP contribution in [0.5, 0.6) is 5.88 Å². The Morgan fingerprint density at radius 1 is 0.848 bits per heavy atom. The maximum atomic E-state index is 14.8. The highest BCUT2D eigenvalue weighted by Gasteiger charge is 2.22. The first-order chi connectivity index (χ1) is 16.0. The van der Waals surface area contributed by atoms with E-state index in [0.717, 1.165) is 50.2 Å². The number of benzene rings is 2. The summed E-state index contributed by atoms with van der Waals surface area (Å²) in [6, 6.07) is 9.93. The van der Waals surface area contributed by atoms with Gasteiger partial charge in [0.05, 0.1) is 5.56 Å². The molecule has 0 atom stereocenters. The second-order valence-electron chi connectivity index (χ2n) is 7.85. The van der Waals surface area contributed by atoms with Crippen LogP contribution < -0.4 is 10.1 Å². The number of ether oxygens (including phenoxy) is 1. The minimum Gasteiger partial charge on any atom is -0.474 e. The second-order valence-corrected chi connectivity index (χ2v) is 7.85. The monoisotopic (exact) mass is 453 g/mol. The van der Waals surface area contributed by atoms with Gasteiger partial charge >= 0.3 is 0 Å². The predicted octanol–water partition coefficient (Wildman–Crippen LogP) is 5.65. The average molecular weight is 453 g/mol. The number of rotatable bonds is 4. The Morgan fingerprint density at radius 2 is 1.61 bits per heavy atom. The van der Waals surface area contributed by atoms with Crippen LogP contribution >= 0.6 is 0 Å². The zero-order valence-corrected chi connectivity index (χ0v) is 17.4. The molecule has 1 saturated heterocycles. The zero-order valence-electron chi connectivity index (χ0n) is 17.4. The van der Waals surface area contributed by atoms with Crippen molar-refractivity contribution in [2.24, 2.45) is 0 Å². The van der Waals surface area contributed by atoms with Crippen molar-refractivity contribution < 1.29 is 22.3 Å². The first kappa shape index (κ1) is 21.3. The van der Waals surface area contributed by atoms with Crippen molar-refractivity contribution in [3.05, 3.63) is 78.0 Å². The Balaban J connectivity index is 1.76. The highest BCUT2D eigenvalue weighted by molar-refractivity contribution is 6.01. The number of fused-ring (bicyclic) bond motifs is 1. The molecule has 0 saturated carbocycles. The third kappa shape index (κ3) is 4.14. The Morgan fingerprint density at radius 3 is 2.33 bits per heavy atom. The normalized spacial score (nSPS) is 14.5. The van der Waals surface area contributed by atoms with Crippen molar-refractivity contribution in [3.63, 3.8) is 0 Å². The molecular weight excluding hydrogens is 434 g/mol. The number of halogens is 4. The Hall–Kier alpha value is -3.52. The van der Waals surface area contributed by atoms with Gasteiger partial charge in [0.25, 0.3) is 0 Å². The summed E-state index contributed by atoms with van der Waals surface area (Å²) in [4.78, 5) is 8.72. The van der Waals surface area contributed by atoms with E-state index in [-0.39, 0.29) is 34.3 Å². The van der Waals surface area contributed by atoms with E-state index in [1.807, 2.05) is 0 Å². The predicted molar refractivity (Wildman–Crippen MR) is 117 cm³/mol. The van der Waals surface area contributed by atoms with Crippen molar-refractivity contribution in [1.82, 2.24) is 15.3 Å². The lowest BCUT2D eigenvalue weighted by molar-refractivity contribution is 0.156.